The SMILES string of the molecule is CC1(C)c2ccccc2-c2ccc3sc4c5ccc(-c6ccc(-c7c8ccccc8c(-c8ccc9ccccc9c8)c8ccccc78)cc6)cc5ccc4c3c21. The highest BCUT2D eigenvalue weighted by molar-refractivity contribution is 7.26. The van der Waals surface area contributed by atoms with Gasteiger partial charge in [0, 0.05) is 25.6 Å². The van der Waals surface area contributed by atoms with Crippen LogP contribution >= 0.6 is 11.3 Å². The summed E-state index contributed by atoms with van der Waals surface area (Å²) in [5.41, 5.74) is 13.2. The van der Waals surface area contributed by atoms with Crippen molar-refractivity contribution in [2.45, 2.75) is 19.3 Å². The molecule has 0 saturated carbocycles. The van der Waals surface area contributed by atoms with Crippen LogP contribution in [-0.2, 0) is 5.41 Å². The van der Waals surface area contributed by atoms with E-state index in [-0.39, 0.29) is 5.41 Å². The van der Waals surface area contributed by atoms with Crippen molar-refractivity contribution >= 4 is 74.6 Å². The summed E-state index contributed by atoms with van der Waals surface area (Å²) in [5.74, 6) is 0. The molecule has 0 aliphatic heterocycles. The Morgan fingerprint density at radius 2 is 0.929 bits per heavy atom. The summed E-state index contributed by atoms with van der Waals surface area (Å²) in [4.78, 5) is 0. The van der Waals surface area contributed by atoms with Crippen molar-refractivity contribution in [1.82, 2.24) is 0 Å². The Balaban J connectivity index is 0.965. The molecule has 0 bridgehead atoms. The normalized spacial score (nSPS) is 13.3. The molecule has 1 aromatic heterocycles. The molecule has 12 rings (SSSR count). The molecule has 1 aliphatic rings. The minimum atomic E-state index is -0.0394. The first-order valence-electron chi connectivity index (χ1n) is 19.6. The van der Waals surface area contributed by atoms with Crippen molar-refractivity contribution in [3.63, 3.8) is 0 Å². The van der Waals surface area contributed by atoms with Gasteiger partial charge in [-0.25, -0.2) is 0 Å². The van der Waals surface area contributed by atoms with Crippen molar-refractivity contribution in [3.05, 3.63) is 193 Å². The summed E-state index contributed by atoms with van der Waals surface area (Å²) in [6, 6.07) is 68.1. The van der Waals surface area contributed by atoms with Crippen LogP contribution in [0.25, 0.3) is 108 Å². The predicted molar refractivity (Wildman–Crippen MR) is 243 cm³/mol. The zero-order valence-corrected chi connectivity index (χ0v) is 32.0. The average Bonchev–Trinajstić information content (AvgIpc) is 3.74. The van der Waals surface area contributed by atoms with E-state index in [2.05, 4.69) is 196 Å². The first-order valence-corrected chi connectivity index (χ1v) is 20.4. The third-order valence-electron chi connectivity index (χ3n) is 12.6. The van der Waals surface area contributed by atoms with Gasteiger partial charge in [0.15, 0.2) is 0 Å². The molecule has 0 saturated heterocycles. The van der Waals surface area contributed by atoms with Gasteiger partial charge in [0.25, 0.3) is 0 Å². The Kier molecular flexibility index (Phi) is 6.66. The molecule has 1 heteroatoms. The first-order chi connectivity index (χ1) is 27.5. The zero-order chi connectivity index (χ0) is 37.1. The maximum Gasteiger partial charge on any atom is 0.0433 e. The highest BCUT2D eigenvalue weighted by Crippen LogP contribution is 2.54. The number of benzene rings is 10. The molecule has 1 heterocycles. The van der Waals surface area contributed by atoms with Gasteiger partial charge in [-0.3, -0.25) is 0 Å². The van der Waals surface area contributed by atoms with Gasteiger partial charge in [-0.05, 0) is 117 Å². The van der Waals surface area contributed by atoms with Crippen LogP contribution < -0.4 is 0 Å². The van der Waals surface area contributed by atoms with Gasteiger partial charge in [-0.2, -0.15) is 0 Å². The fourth-order valence-electron chi connectivity index (χ4n) is 10.0. The van der Waals surface area contributed by atoms with E-state index >= 15 is 0 Å². The standard InChI is InChI=1S/C55H36S/c1-55(2)48-18-10-9-13-41(48)46-29-30-49-52(53(46)55)47-28-26-38-31-37(25-27-40(38)54(47)56-49)34-19-22-35(23-20-34)50-42-14-5-7-16-44(42)51(45-17-8-6-15-43(45)50)39-24-21-33-11-3-4-12-36(33)32-39/h3-32H,1-2H3. The molecule has 0 nitrogen and oxygen atoms in total. The van der Waals surface area contributed by atoms with Crippen LogP contribution in [0.2, 0.25) is 0 Å². The van der Waals surface area contributed by atoms with Crippen LogP contribution in [0, 0.1) is 0 Å². The maximum absolute atomic E-state index is 2.39. The van der Waals surface area contributed by atoms with Gasteiger partial charge in [0.05, 0.1) is 0 Å². The van der Waals surface area contributed by atoms with E-state index in [0.29, 0.717) is 0 Å². The smallest absolute Gasteiger partial charge is 0.0433 e. The Bertz CT molecular complexity index is 3370. The number of hydrogen-bond donors (Lipinski definition) is 0. The topological polar surface area (TPSA) is 0 Å². The minimum absolute atomic E-state index is 0.0394. The van der Waals surface area contributed by atoms with Crippen molar-refractivity contribution in [3.8, 4) is 44.5 Å². The van der Waals surface area contributed by atoms with Crippen molar-refractivity contribution in [2.75, 3.05) is 0 Å². The van der Waals surface area contributed by atoms with Gasteiger partial charge in [-0.1, -0.05) is 178 Å². The maximum atomic E-state index is 2.39. The summed E-state index contributed by atoms with van der Waals surface area (Å²) in [7, 11) is 0. The molecular weight excluding hydrogens is 693 g/mol. The molecule has 0 spiro atoms. The molecule has 10 aromatic carbocycles. The van der Waals surface area contributed by atoms with E-state index in [1.54, 1.807) is 0 Å². The molecule has 262 valence electrons. The van der Waals surface area contributed by atoms with Crippen molar-refractivity contribution < 1.29 is 0 Å². The fourth-order valence-corrected chi connectivity index (χ4v) is 11.3. The van der Waals surface area contributed by atoms with E-state index in [1.807, 2.05) is 11.3 Å². The highest BCUT2D eigenvalue weighted by Gasteiger charge is 2.37. The lowest BCUT2D eigenvalue weighted by molar-refractivity contribution is 0.667. The van der Waals surface area contributed by atoms with Gasteiger partial charge in [-0.15, -0.1) is 11.3 Å². The monoisotopic (exact) mass is 728 g/mol. The first kappa shape index (κ1) is 31.8. The Morgan fingerprint density at radius 1 is 0.375 bits per heavy atom. The third-order valence-corrected chi connectivity index (χ3v) is 13.8. The van der Waals surface area contributed by atoms with Gasteiger partial charge < -0.3 is 0 Å². The van der Waals surface area contributed by atoms with E-state index in [1.165, 1.54) is 119 Å². The second-order valence-corrected chi connectivity index (χ2v) is 17.0. The summed E-state index contributed by atoms with van der Waals surface area (Å²) < 4.78 is 2.75. The average molecular weight is 729 g/mol. The highest BCUT2D eigenvalue weighted by atomic mass is 32.1. The molecule has 56 heavy (non-hydrogen) atoms. The summed E-state index contributed by atoms with van der Waals surface area (Å²) >= 11 is 1.94. The fraction of sp³-hybridized carbons (Fsp3) is 0.0545. The molecule has 0 unspecified atom stereocenters. The van der Waals surface area contributed by atoms with Gasteiger partial charge >= 0.3 is 0 Å². The van der Waals surface area contributed by atoms with E-state index in [0.717, 1.165) is 0 Å². The molecular formula is C55H36S. The summed E-state index contributed by atoms with van der Waals surface area (Å²) in [6.07, 6.45) is 0. The van der Waals surface area contributed by atoms with Crippen LogP contribution in [0.1, 0.15) is 25.0 Å². The second kappa shape index (κ2) is 11.7. The second-order valence-electron chi connectivity index (χ2n) is 16.0. The summed E-state index contributed by atoms with van der Waals surface area (Å²) in [5, 5.41) is 13.0. The van der Waals surface area contributed by atoms with E-state index in [4.69, 9.17) is 0 Å². The van der Waals surface area contributed by atoms with Gasteiger partial charge in [0.1, 0.15) is 0 Å². The largest absolute Gasteiger partial charge is 0.135 e. The number of hydrogen-bond acceptors (Lipinski definition) is 1. The lowest BCUT2D eigenvalue weighted by Crippen LogP contribution is -2.15. The Hall–Kier alpha value is -6.54. The Labute approximate surface area is 329 Å². The number of fused-ring (bicyclic) bond motifs is 12. The molecule has 11 aromatic rings. The number of thiophene rings is 1. The van der Waals surface area contributed by atoms with Crippen LogP contribution in [0.15, 0.2) is 182 Å². The predicted octanol–water partition coefficient (Wildman–Crippen LogP) is 16.0. The quantitative estimate of drug-likeness (QED) is 0.159. The molecule has 0 N–H and O–H groups in total. The molecule has 1 aliphatic carbocycles. The molecule has 0 radical (unpaired) electrons. The Morgan fingerprint density at radius 3 is 1.68 bits per heavy atom. The third kappa shape index (κ3) is 4.47. The lowest BCUT2D eigenvalue weighted by Gasteiger charge is -2.22. The zero-order valence-electron chi connectivity index (χ0n) is 31.2. The van der Waals surface area contributed by atoms with Gasteiger partial charge in [0.2, 0.25) is 0 Å². The molecule has 0 fully saturated rings. The van der Waals surface area contributed by atoms with Crippen LogP contribution in [0.5, 0.6) is 0 Å². The lowest BCUT2D eigenvalue weighted by atomic mass is 9.80. The van der Waals surface area contributed by atoms with Crippen LogP contribution in [0.4, 0.5) is 0 Å². The minimum Gasteiger partial charge on any atom is -0.135 e. The number of rotatable bonds is 3. The van der Waals surface area contributed by atoms with Crippen LogP contribution in [0.3, 0.4) is 0 Å². The molecule has 0 atom stereocenters. The molecule has 0 amide bonds. The van der Waals surface area contributed by atoms with E-state index in [9.17, 15) is 0 Å². The van der Waals surface area contributed by atoms with Crippen molar-refractivity contribution in [1.29, 1.82) is 0 Å². The summed E-state index contributed by atoms with van der Waals surface area (Å²) in [6.45, 7) is 4.79. The van der Waals surface area contributed by atoms with Crippen molar-refractivity contribution in [2.24, 2.45) is 0 Å². The van der Waals surface area contributed by atoms with E-state index < -0.39 is 0 Å². The van der Waals surface area contributed by atoms with Crippen LogP contribution in [-0.4, -0.2) is 0 Å².